The molecule has 0 bridgehead atoms. The third-order valence-corrected chi connectivity index (χ3v) is 3.00. The van der Waals surface area contributed by atoms with Crippen LogP contribution in [0.4, 0.5) is 0 Å². The number of nitrogens with one attached hydrogen (secondary N) is 1. The number of nitrogens with zero attached hydrogens (tertiary/aromatic N) is 1. The Kier molecular flexibility index (Phi) is 2.00. The van der Waals surface area contributed by atoms with E-state index in [-0.39, 0.29) is 17.5 Å². The second-order valence-electron chi connectivity index (χ2n) is 3.99. The van der Waals surface area contributed by atoms with Gasteiger partial charge in [-0.3, -0.25) is 4.57 Å². The van der Waals surface area contributed by atoms with Crippen LogP contribution in [0.2, 0.25) is 0 Å². The van der Waals surface area contributed by atoms with E-state index in [1.54, 1.807) is 16.7 Å². The van der Waals surface area contributed by atoms with Crippen molar-refractivity contribution in [3.63, 3.8) is 0 Å². The molecule has 1 aromatic carbocycles. The lowest BCUT2D eigenvalue weighted by Crippen LogP contribution is -2.22. The molecule has 1 saturated heterocycles. The molecule has 0 spiro atoms. The highest BCUT2D eigenvalue weighted by Crippen LogP contribution is 2.26. The molecular formula is C11H12N2O3. The van der Waals surface area contributed by atoms with E-state index in [4.69, 9.17) is 4.74 Å². The summed E-state index contributed by atoms with van der Waals surface area (Å²) in [6.45, 7) is 1.24. The van der Waals surface area contributed by atoms with Gasteiger partial charge in [0.15, 0.2) is 0 Å². The average Bonchev–Trinajstić information content (AvgIpc) is 2.85. The number of imidazole rings is 1. The maximum atomic E-state index is 11.8. The summed E-state index contributed by atoms with van der Waals surface area (Å²) in [4.78, 5) is 14.5. The minimum Gasteiger partial charge on any atom is -0.506 e. The van der Waals surface area contributed by atoms with E-state index >= 15 is 0 Å². The van der Waals surface area contributed by atoms with Gasteiger partial charge in [-0.15, -0.1) is 0 Å². The fourth-order valence-corrected chi connectivity index (χ4v) is 2.22. The number of para-hydroxylation sites is 1. The van der Waals surface area contributed by atoms with Crippen LogP contribution in [0.5, 0.6) is 5.75 Å². The maximum Gasteiger partial charge on any atom is 0.326 e. The topological polar surface area (TPSA) is 67.2 Å². The van der Waals surface area contributed by atoms with Gasteiger partial charge in [-0.1, -0.05) is 6.07 Å². The Balaban J connectivity index is 2.27. The predicted octanol–water partition coefficient (Wildman–Crippen LogP) is 0.997. The summed E-state index contributed by atoms with van der Waals surface area (Å²) in [5.41, 5.74) is 1.05. The number of fused-ring (bicyclic) bond motifs is 1. The summed E-state index contributed by atoms with van der Waals surface area (Å²) in [7, 11) is 0. The summed E-state index contributed by atoms with van der Waals surface area (Å²) >= 11 is 0. The number of benzene rings is 1. The number of hydrogen-bond acceptors (Lipinski definition) is 3. The molecule has 2 aromatic rings. The van der Waals surface area contributed by atoms with Gasteiger partial charge in [-0.05, 0) is 18.6 Å². The molecule has 3 rings (SSSR count). The van der Waals surface area contributed by atoms with E-state index in [1.807, 2.05) is 6.07 Å². The van der Waals surface area contributed by atoms with Crippen LogP contribution in [0.15, 0.2) is 23.0 Å². The molecule has 0 radical (unpaired) electrons. The molecule has 0 aliphatic carbocycles. The van der Waals surface area contributed by atoms with Gasteiger partial charge in [-0.2, -0.15) is 0 Å². The third-order valence-electron chi connectivity index (χ3n) is 3.00. The van der Waals surface area contributed by atoms with Crippen molar-refractivity contribution < 1.29 is 9.84 Å². The lowest BCUT2D eigenvalue weighted by Gasteiger charge is -2.09. The first-order valence-corrected chi connectivity index (χ1v) is 5.27. The Morgan fingerprint density at radius 2 is 2.38 bits per heavy atom. The van der Waals surface area contributed by atoms with Gasteiger partial charge >= 0.3 is 5.69 Å². The molecule has 2 N–H and O–H groups in total. The summed E-state index contributed by atoms with van der Waals surface area (Å²) < 4.78 is 6.95. The molecule has 0 amide bonds. The molecule has 1 aliphatic heterocycles. The van der Waals surface area contributed by atoms with Crippen molar-refractivity contribution in [3.8, 4) is 5.75 Å². The summed E-state index contributed by atoms with van der Waals surface area (Å²) in [6, 6.07) is 5.19. The van der Waals surface area contributed by atoms with Gasteiger partial charge in [0.2, 0.25) is 0 Å². The Morgan fingerprint density at radius 3 is 3.12 bits per heavy atom. The Morgan fingerprint density at radius 1 is 1.50 bits per heavy atom. The molecule has 1 unspecified atom stereocenters. The van der Waals surface area contributed by atoms with Crippen LogP contribution in [0.3, 0.4) is 0 Å². The Bertz CT molecular complexity index is 578. The van der Waals surface area contributed by atoms with Crippen molar-refractivity contribution >= 4 is 11.0 Å². The van der Waals surface area contributed by atoms with E-state index in [2.05, 4.69) is 4.98 Å². The van der Waals surface area contributed by atoms with Crippen molar-refractivity contribution in [2.45, 2.75) is 12.5 Å². The van der Waals surface area contributed by atoms with Crippen molar-refractivity contribution in [3.05, 3.63) is 28.7 Å². The monoisotopic (exact) mass is 220 g/mol. The minimum absolute atomic E-state index is 0.0723. The molecule has 1 aliphatic rings. The zero-order valence-electron chi connectivity index (χ0n) is 8.64. The highest BCUT2D eigenvalue weighted by Gasteiger charge is 2.22. The van der Waals surface area contributed by atoms with Gasteiger partial charge in [0.25, 0.3) is 0 Å². The summed E-state index contributed by atoms with van der Waals surface area (Å²) in [5.74, 6) is 0.104. The molecule has 5 nitrogen and oxygen atoms in total. The summed E-state index contributed by atoms with van der Waals surface area (Å²) in [6.07, 6.45) is 0.836. The largest absolute Gasteiger partial charge is 0.506 e. The number of ether oxygens (including phenoxy) is 1. The Labute approximate surface area is 91.3 Å². The molecule has 5 heteroatoms. The van der Waals surface area contributed by atoms with Gasteiger partial charge in [0.1, 0.15) is 11.3 Å². The van der Waals surface area contributed by atoms with Crippen LogP contribution in [0.25, 0.3) is 11.0 Å². The molecular weight excluding hydrogens is 208 g/mol. The molecule has 2 heterocycles. The molecule has 1 atom stereocenters. The van der Waals surface area contributed by atoms with E-state index in [9.17, 15) is 9.90 Å². The van der Waals surface area contributed by atoms with Crippen molar-refractivity contribution in [1.29, 1.82) is 0 Å². The smallest absolute Gasteiger partial charge is 0.326 e. The van der Waals surface area contributed by atoms with E-state index in [1.165, 1.54) is 0 Å². The summed E-state index contributed by atoms with van der Waals surface area (Å²) in [5, 5.41) is 9.64. The first-order chi connectivity index (χ1) is 7.77. The first kappa shape index (κ1) is 9.47. The minimum atomic E-state index is -0.188. The van der Waals surface area contributed by atoms with Crippen molar-refractivity contribution in [2.24, 2.45) is 0 Å². The van der Waals surface area contributed by atoms with Crippen LogP contribution in [-0.2, 0) is 4.74 Å². The van der Waals surface area contributed by atoms with Crippen LogP contribution in [0, 0.1) is 0 Å². The maximum absolute atomic E-state index is 11.8. The lowest BCUT2D eigenvalue weighted by atomic mass is 10.2. The molecule has 0 saturated carbocycles. The van der Waals surface area contributed by atoms with Gasteiger partial charge < -0.3 is 14.8 Å². The number of phenols is 1. The van der Waals surface area contributed by atoms with Crippen molar-refractivity contribution in [1.82, 2.24) is 9.55 Å². The average molecular weight is 220 g/mol. The number of rotatable bonds is 1. The molecule has 1 aromatic heterocycles. The SMILES string of the molecule is O=c1[nH]c2c(O)cccc2n1C1CCOC1. The van der Waals surface area contributed by atoms with Crippen molar-refractivity contribution in [2.75, 3.05) is 13.2 Å². The fraction of sp³-hybridized carbons (Fsp3) is 0.364. The van der Waals surface area contributed by atoms with E-state index in [0.717, 1.165) is 11.9 Å². The van der Waals surface area contributed by atoms with Gasteiger partial charge in [-0.25, -0.2) is 4.79 Å². The molecule has 1 fully saturated rings. The predicted molar refractivity (Wildman–Crippen MR) is 58.7 cm³/mol. The second-order valence-corrected chi connectivity index (χ2v) is 3.99. The number of aromatic amines is 1. The highest BCUT2D eigenvalue weighted by molar-refractivity contribution is 5.81. The highest BCUT2D eigenvalue weighted by atomic mass is 16.5. The number of phenolic OH excluding ortho intramolecular Hbond substituents is 1. The van der Waals surface area contributed by atoms with E-state index < -0.39 is 0 Å². The van der Waals surface area contributed by atoms with Gasteiger partial charge in [0, 0.05) is 6.61 Å². The number of hydrogen-bond donors (Lipinski definition) is 2. The van der Waals surface area contributed by atoms with Crippen LogP contribution in [0.1, 0.15) is 12.5 Å². The van der Waals surface area contributed by atoms with E-state index in [0.29, 0.717) is 18.7 Å². The normalized spacial score (nSPS) is 20.6. The molecule has 84 valence electrons. The number of H-pyrrole nitrogens is 1. The number of aromatic hydroxyl groups is 1. The zero-order chi connectivity index (χ0) is 11.1. The first-order valence-electron chi connectivity index (χ1n) is 5.27. The zero-order valence-corrected chi connectivity index (χ0v) is 8.64. The second kappa shape index (κ2) is 3.38. The van der Waals surface area contributed by atoms with Crippen LogP contribution < -0.4 is 5.69 Å². The molecule has 16 heavy (non-hydrogen) atoms. The third kappa shape index (κ3) is 1.25. The fourth-order valence-electron chi connectivity index (χ4n) is 2.22. The quantitative estimate of drug-likeness (QED) is 0.753. The number of aromatic nitrogens is 2. The standard InChI is InChI=1S/C11H12N2O3/c14-9-3-1-2-8-10(9)12-11(15)13(8)7-4-5-16-6-7/h1-3,7,14H,4-6H2,(H,12,15). The van der Waals surface area contributed by atoms with Gasteiger partial charge in [0.05, 0.1) is 18.2 Å². The van der Waals surface area contributed by atoms with Crippen LogP contribution in [-0.4, -0.2) is 27.9 Å². The lowest BCUT2D eigenvalue weighted by molar-refractivity contribution is 0.186. The Hall–Kier alpha value is -1.75. The van der Waals surface area contributed by atoms with Crippen LogP contribution >= 0.6 is 0 Å².